The van der Waals surface area contributed by atoms with Crippen LogP contribution >= 0.6 is 11.6 Å². The van der Waals surface area contributed by atoms with Gasteiger partial charge in [0.1, 0.15) is 12.4 Å². The van der Waals surface area contributed by atoms with Crippen molar-refractivity contribution in [2.75, 3.05) is 0 Å². The molecule has 0 N–H and O–H groups in total. The summed E-state index contributed by atoms with van der Waals surface area (Å²) in [6.45, 7) is 0.422. The molecule has 0 fully saturated rings. The Labute approximate surface area is 174 Å². The van der Waals surface area contributed by atoms with Crippen molar-refractivity contribution in [3.05, 3.63) is 107 Å². The summed E-state index contributed by atoms with van der Waals surface area (Å²) in [7, 11) is 0. The molecule has 4 aromatic rings. The predicted molar refractivity (Wildman–Crippen MR) is 118 cm³/mol. The second kappa shape index (κ2) is 8.72. The van der Waals surface area contributed by atoms with Crippen molar-refractivity contribution in [2.24, 2.45) is 0 Å². The van der Waals surface area contributed by atoms with Crippen LogP contribution in [-0.4, -0.2) is 10.2 Å². The van der Waals surface area contributed by atoms with E-state index in [-0.39, 0.29) is 0 Å². The van der Waals surface area contributed by atoms with Crippen LogP contribution in [0.1, 0.15) is 27.2 Å². The molecule has 0 amide bonds. The van der Waals surface area contributed by atoms with Crippen molar-refractivity contribution >= 4 is 39.9 Å². The Morgan fingerprint density at radius 3 is 2.17 bits per heavy atom. The molecule has 4 heteroatoms. The maximum Gasteiger partial charge on any atom is 0.252 e. The third-order valence-electron chi connectivity index (χ3n) is 4.53. The van der Waals surface area contributed by atoms with Crippen molar-refractivity contribution in [3.8, 4) is 5.75 Å². The number of halogens is 1. The van der Waals surface area contributed by atoms with Gasteiger partial charge in [-0.1, -0.05) is 60.7 Å². The lowest BCUT2D eigenvalue weighted by Crippen LogP contribution is -1.98. The molecule has 29 heavy (non-hydrogen) atoms. The van der Waals surface area contributed by atoms with Gasteiger partial charge in [0.2, 0.25) is 0 Å². The molecule has 0 aliphatic heterocycles. The normalized spacial score (nSPS) is 11.1. The molecule has 1 heterocycles. The van der Waals surface area contributed by atoms with Crippen molar-refractivity contribution in [2.45, 2.75) is 6.61 Å². The third kappa shape index (κ3) is 4.89. The fourth-order valence-electron chi connectivity index (χ4n) is 2.94. The van der Waals surface area contributed by atoms with Crippen LogP contribution in [0.4, 0.5) is 0 Å². The minimum atomic E-state index is -0.449. The molecule has 0 unspecified atom stereocenters. The second-order valence-electron chi connectivity index (χ2n) is 6.58. The van der Waals surface area contributed by atoms with Crippen LogP contribution in [0.25, 0.3) is 23.1 Å². The quantitative estimate of drug-likeness (QED) is 0.279. The van der Waals surface area contributed by atoms with E-state index in [0.29, 0.717) is 12.2 Å². The first kappa shape index (κ1) is 18.9. The molecule has 0 atom stereocenters. The summed E-state index contributed by atoms with van der Waals surface area (Å²) >= 11 is 5.46. The average molecular weight is 400 g/mol. The summed E-state index contributed by atoms with van der Waals surface area (Å²) in [5.74, 6) is 0.794. The summed E-state index contributed by atoms with van der Waals surface area (Å²) in [4.78, 5) is 15.7. The van der Waals surface area contributed by atoms with Gasteiger partial charge in [0.05, 0.1) is 11.2 Å². The van der Waals surface area contributed by atoms with Gasteiger partial charge in [-0.05, 0) is 59.1 Å². The second-order valence-corrected chi connectivity index (χ2v) is 6.93. The molecule has 142 valence electrons. The molecule has 1 aromatic heterocycles. The average Bonchev–Trinajstić information content (AvgIpc) is 2.77. The summed E-state index contributed by atoms with van der Waals surface area (Å²) in [6, 6.07) is 27.1. The lowest BCUT2D eigenvalue weighted by Gasteiger charge is -2.07. The van der Waals surface area contributed by atoms with Gasteiger partial charge in [0.15, 0.2) is 0 Å². The minimum Gasteiger partial charge on any atom is -0.487 e. The van der Waals surface area contributed by atoms with E-state index >= 15 is 0 Å². The smallest absolute Gasteiger partial charge is 0.252 e. The lowest BCUT2D eigenvalue weighted by atomic mass is 10.1. The fraction of sp³-hybridized carbons (Fsp3) is 0.0400. The molecular weight excluding hydrogens is 382 g/mol. The van der Waals surface area contributed by atoms with Gasteiger partial charge in [-0.3, -0.25) is 4.79 Å². The SMILES string of the molecule is O=C(Cl)c1ccc(C=Cc2ccc(OCc3ccc4ccccc4n3)cc2)cc1. The highest BCUT2D eigenvalue weighted by molar-refractivity contribution is 6.67. The third-order valence-corrected chi connectivity index (χ3v) is 4.75. The summed E-state index contributed by atoms with van der Waals surface area (Å²) in [6.07, 6.45) is 3.99. The van der Waals surface area contributed by atoms with Crippen LogP contribution in [0.15, 0.2) is 84.9 Å². The van der Waals surface area contributed by atoms with Crippen LogP contribution in [0.3, 0.4) is 0 Å². The number of fused-ring (bicyclic) bond motifs is 1. The monoisotopic (exact) mass is 399 g/mol. The van der Waals surface area contributed by atoms with Gasteiger partial charge in [-0.2, -0.15) is 0 Å². The molecule has 4 rings (SSSR count). The first-order valence-electron chi connectivity index (χ1n) is 9.23. The summed E-state index contributed by atoms with van der Waals surface area (Å²) in [5.41, 5.74) is 4.41. The Hall–Kier alpha value is -3.43. The van der Waals surface area contributed by atoms with E-state index in [9.17, 15) is 4.79 Å². The number of para-hydroxylation sites is 1. The van der Waals surface area contributed by atoms with E-state index in [1.165, 1.54) is 0 Å². The predicted octanol–water partition coefficient (Wildman–Crippen LogP) is 6.36. The van der Waals surface area contributed by atoms with Gasteiger partial charge in [-0.25, -0.2) is 4.98 Å². The molecule has 0 saturated heterocycles. The fourth-order valence-corrected chi connectivity index (χ4v) is 3.06. The molecule has 3 aromatic carbocycles. The summed E-state index contributed by atoms with van der Waals surface area (Å²) in [5, 5.41) is 0.672. The zero-order valence-corrected chi connectivity index (χ0v) is 16.3. The number of rotatable bonds is 6. The molecule has 0 aliphatic carbocycles. The lowest BCUT2D eigenvalue weighted by molar-refractivity contribution is 0.108. The zero-order chi connectivity index (χ0) is 20.1. The van der Waals surface area contributed by atoms with Crippen LogP contribution in [0.5, 0.6) is 5.75 Å². The molecular formula is C25H18ClNO2. The highest BCUT2D eigenvalue weighted by Crippen LogP contribution is 2.17. The number of benzene rings is 3. The van der Waals surface area contributed by atoms with Gasteiger partial charge in [-0.15, -0.1) is 0 Å². The summed E-state index contributed by atoms with van der Waals surface area (Å²) < 4.78 is 5.86. The highest BCUT2D eigenvalue weighted by Gasteiger charge is 2.01. The Kier molecular flexibility index (Phi) is 5.68. The Balaban J connectivity index is 1.37. The number of carbonyl (C=O) groups is 1. The van der Waals surface area contributed by atoms with Crippen LogP contribution in [0, 0.1) is 0 Å². The van der Waals surface area contributed by atoms with Crippen LogP contribution in [-0.2, 0) is 6.61 Å². The Morgan fingerprint density at radius 2 is 1.48 bits per heavy atom. The maximum absolute atomic E-state index is 11.1. The van der Waals surface area contributed by atoms with Crippen molar-refractivity contribution in [3.63, 3.8) is 0 Å². The van der Waals surface area contributed by atoms with Crippen molar-refractivity contribution in [1.29, 1.82) is 0 Å². The van der Waals surface area contributed by atoms with E-state index in [0.717, 1.165) is 33.5 Å². The van der Waals surface area contributed by atoms with Gasteiger partial charge in [0.25, 0.3) is 5.24 Å². The molecule has 0 saturated carbocycles. The number of aromatic nitrogens is 1. The standard InChI is InChI=1S/C25H18ClNO2/c26-25(28)21-11-7-18(8-12-21)5-6-19-9-15-23(16-10-19)29-17-22-14-13-20-3-1-2-4-24(20)27-22/h1-16H,17H2. The van der Waals surface area contributed by atoms with Crippen molar-refractivity contribution < 1.29 is 9.53 Å². The first-order valence-corrected chi connectivity index (χ1v) is 9.61. The maximum atomic E-state index is 11.1. The van der Waals surface area contributed by atoms with Crippen LogP contribution in [0.2, 0.25) is 0 Å². The molecule has 0 bridgehead atoms. The topological polar surface area (TPSA) is 39.2 Å². The number of nitrogens with zero attached hydrogens (tertiary/aromatic N) is 1. The highest BCUT2D eigenvalue weighted by atomic mass is 35.5. The molecule has 0 aliphatic rings. The minimum absolute atomic E-state index is 0.422. The van der Waals surface area contributed by atoms with Gasteiger partial charge >= 0.3 is 0 Å². The number of pyridine rings is 1. The van der Waals surface area contributed by atoms with E-state index in [1.807, 2.05) is 78.9 Å². The van der Waals surface area contributed by atoms with Gasteiger partial charge < -0.3 is 4.74 Å². The van der Waals surface area contributed by atoms with Crippen LogP contribution < -0.4 is 4.74 Å². The first-order chi connectivity index (χ1) is 14.2. The molecule has 0 spiro atoms. The Bertz CT molecular complexity index is 1170. The zero-order valence-electron chi connectivity index (χ0n) is 15.6. The van der Waals surface area contributed by atoms with E-state index in [2.05, 4.69) is 11.1 Å². The molecule has 0 radical (unpaired) electrons. The number of carbonyl (C=O) groups excluding carboxylic acids is 1. The van der Waals surface area contributed by atoms with E-state index in [4.69, 9.17) is 16.3 Å². The van der Waals surface area contributed by atoms with E-state index in [1.54, 1.807) is 12.1 Å². The largest absolute Gasteiger partial charge is 0.487 e. The van der Waals surface area contributed by atoms with E-state index < -0.39 is 5.24 Å². The Morgan fingerprint density at radius 1 is 0.828 bits per heavy atom. The number of ether oxygens (including phenoxy) is 1. The van der Waals surface area contributed by atoms with Gasteiger partial charge in [0, 0.05) is 10.9 Å². The number of hydrogen-bond acceptors (Lipinski definition) is 3. The molecule has 3 nitrogen and oxygen atoms in total. The van der Waals surface area contributed by atoms with Crippen molar-refractivity contribution in [1.82, 2.24) is 4.98 Å². The number of hydrogen-bond donors (Lipinski definition) is 0.